The molecule has 11 heavy (non-hydrogen) atoms. The molecule has 0 bridgehead atoms. The molecule has 1 aromatic rings. The van der Waals surface area contributed by atoms with E-state index in [2.05, 4.69) is 4.98 Å². The Morgan fingerprint density at radius 3 is 2.82 bits per heavy atom. The Morgan fingerprint density at radius 2 is 2.18 bits per heavy atom. The van der Waals surface area contributed by atoms with Gasteiger partial charge >= 0.3 is 0 Å². The number of hydrogen-bond donors (Lipinski definition) is 2. The van der Waals surface area contributed by atoms with Gasteiger partial charge in [-0.15, -0.1) is 0 Å². The number of aliphatic hydroxyl groups excluding tert-OH is 1. The normalized spacial score (nSPS) is 19.5. The van der Waals surface area contributed by atoms with Gasteiger partial charge in [0.25, 0.3) is 0 Å². The second kappa shape index (κ2) is 1.68. The van der Waals surface area contributed by atoms with Crippen LogP contribution in [0, 0.1) is 0 Å². The fraction of sp³-hybridized carbons (Fsp3) is 0. The van der Waals surface area contributed by atoms with Crippen LogP contribution in [0.3, 0.4) is 0 Å². The zero-order valence-corrected chi connectivity index (χ0v) is 6.22. The van der Waals surface area contributed by atoms with Crippen molar-refractivity contribution in [3.05, 3.63) is 23.0 Å². The largest absolute Gasteiger partial charge is 0.498 e. The Balaban J connectivity index is 2.85. The average Bonchev–Trinajstić information content (AvgIpc) is 2.41. The summed E-state index contributed by atoms with van der Waals surface area (Å²) in [5.41, 5.74) is 0.447. The van der Waals surface area contributed by atoms with Crippen molar-refractivity contribution in [1.29, 1.82) is 0 Å². The summed E-state index contributed by atoms with van der Waals surface area (Å²) in [7, 11) is -3.56. The molecule has 1 aromatic heterocycles. The van der Waals surface area contributed by atoms with Crippen LogP contribution < -0.4 is 0 Å². The van der Waals surface area contributed by atoms with Crippen molar-refractivity contribution in [2.45, 2.75) is 4.90 Å². The molecule has 0 aromatic carbocycles. The first-order chi connectivity index (χ1) is 5.12. The molecular formula is C6H5NO3S. The molecule has 0 unspecified atom stereocenters. The van der Waals surface area contributed by atoms with Crippen LogP contribution in [0.25, 0.3) is 6.08 Å². The lowest BCUT2D eigenvalue weighted by molar-refractivity contribution is 0.445. The van der Waals surface area contributed by atoms with Crippen molar-refractivity contribution < 1.29 is 13.5 Å². The van der Waals surface area contributed by atoms with Crippen molar-refractivity contribution in [2.75, 3.05) is 0 Å². The highest BCUT2D eigenvalue weighted by atomic mass is 32.2. The zero-order chi connectivity index (χ0) is 8.06. The summed E-state index contributed by atoms with van der Waals surface area (Å²) in [6, 6.07) is 1.42. The molecule has 0 spiro atoms. The maximum atomic E-state index is 11.1. The Labute approximate surface area is 63.1 Å². The number of aromatic amines is 1. The van der Waals surface area contributed by atoms with Gasteiger partial charge in [0.2, 0.25) is 14.9 Å². The number of H-pyrrole nitrogens is 1. The number of aromatic nitrogens is 1. The van der Waals surface area contributed by atoms with Crippen LogP contribution in [0.2, 0.25) is 0 Å². The number of sulfone groups is 1. The average molecular weight is 171 g/mol. The number of hydrogen-bond acceptors (Lipinski definition) is 3. The van der Waals surface area contributed by atoms with Gasteiger partial charge in [-0.3, -0.25) is 0 Å². The summed E-state index contributed by atoms with van der Waals surface area (Å²) in [5.74, 6) is 0. The highest BCUT2D eigenvalue weighted by molar-refractivity contribution is 7.95. The maximum Gasteiger partial charge on any atom is 0.241 e. The van der Waals surface area contributed by atoms with Crippen LogP contribution in [-0.2, 0) is 9.84 Å². The van der Waals surface area contributed by atoms with Crippen molar-refractivity contribution in [3.63, 3.8) is 0 Å². The first-order valence-electron chi connectivity index (χ1n) is 2.95. The first-order valence-corrected chi connectivity index (χ1v) is 4.44. The molecule has 0 amide bonds. The van der Waals surface area contributed by atoms with Gasteiger partial charge in [0.05, 0.1) is 10.6 Å². The van der Waals surface area contributed by atoms with Gasteiger partial charge in [-0.1, -0.05) is 0 Å². The second-order valence-corrected chi connectivity index (χ2v) is 4.11. The molecule has 2 heterocycles. The van der Waals surface area contributed by atoms with E-state index in [4.69, 9.17) is 5.11 Å². The summed E-state index contributed by atoms with van der Waals surface area (Å²) < 4.78 is 22.2. The van der Waals surface area contributed by atoms with Crippen molar-refractivity contribution >= 4 is 15.9 Å². The summed E-state index contributed by atoms with van der Waals surface area (Å²) in [4.78, 5) is 2.84. The molecule has 4 nitrogen and oxygen atoms in total. The number of aliphatic hydroxyl groups is 1. The van der Waals surface area contributed by atoms with Crippen LogP contribution in [0.4, 0.5) is 0 Å². The highest BCUT2D eigenvalue weighted by Gasteiger charge is 2.29. The summed E-state index contributed by atoms with van der Waals surface area (Å²) in [5, 5.41) is 8.34. The third-order valence-corrected chi connectivity index (χ3v) is 3.18. The Bertz CT molecular complexity index is 426. The molecule has 0 saturated heterocycles. The van der Waals surface area contributed by atoms with E-state index < -0.39 is 14.9 Å². The van der Waals surface area contributed by atoms with Crippen LogP contribution in [-0.4, -0.2) is 18.5 Å². The Hall–Kier alpha value is -1.23. The molecule has 0 radical (unpaired) electrons. The number of rotatable bonds is 0. The minimum absolute atomic E-state index is 0.148. The second-order valence-electron chi connectivity index (χ2n) is 2.24. The van der Waals surface area contributed by atoms with Crippen molar-refractivity contribution in [1.82, 2.24) is 4.98 Å². The molecule has 58 valence electrons. The molecule has 5 heteroatoms. The van der Waals surface area contributed by atoms with Gasteiger partial charge < -0.3 is 10.1 Å². The molecule has 0 aliphatic carbocycles. The van der Waals surface area contributed by atoms with Gasteiger partial charge in [0.1, 0.15) is 0 Å². The van der Waals surface area contributed by atoms with E-state index in [1.54, 1.807) is 0 Å². The molecule has 2 N–H and O–H groups in total. The van der Waals surface area contributed by atoms with Crippen molar-refractivity contribution in [3.8, 4) is 0 Å². The summed E-state index contributed by atoms with van der Waals surface area (Å²) >= 11 is 0. The summed E-state index contributed by atoms with van der Waals surface area (Å²) in [6.45, 7) is 0. The Morgan fingerprint density at radius 1 is 1.45 bits per heavy atom. The molecule has 0 fully saturated rings. The maximum absolute atomic E-state index is 11.1. The molecule has 2 rings (SSSR count). The minimum Gasteiger partial charge on any atom is -0.498 e. The first kappa shape index (κ1) is 6.48. The molecule has 0 atom stereocenters. The van der Waals surface area contributed by atoms with E-state index in [1.807, 2.05) is 0 Å². The SMILES string of the molecule is O=S1(=O)C(O)=Cc2[nH]ccc21. The van der Waals surface area contributed by atoms with Crippen LogP contribution >= 0.6 is 0 Å². The van der Waals surface area contributed by atoms with E-state index in [1.165, 1.54) is 18.3 Å². The number of fused-ring (bicyclic) bond motifs is 1. The van der Waals surface area contributed by atoms with E-state index >= 15 is 0 Å². The van der Waals surface area contributed by atoms with Gasteiger partial charge in [0, 0.05) is 12.3 Å². The highest BCUT2D eigenvalue weighted by Crippen LogP contribution is 2.29. The Kier molecular flexibility index (Phi) is 0.987. The smallest absolute Gasteiger partial charge is 0.241 e. The third-order valence-electron chi connectivity index (χ3n) is 1.57. The lowest BCUT2D eigenvalue weighted by Crippen LogP contribution is -1.97. The monoisotopic (exact) mass is 171 g/mol. The quantitative estimate of drug-likeness (QED) is 0.602. The van der Waals surface area contributed by atoms with Gasteiger partial charge in [-0.25, -0.2) is 8.42 Å². The predicted octanol–water partition coefficient (Wildman–Crippen LogP) is 0.658. The van der Waals surface area contributed by atoms with E-state index in [0.29, 0.717) is 5.69 Å². The topological polar surface area (TPSA) is 70.2 Å². The van der Waals surface area contributed by atoms with Crippen LogP contribution in [0.1, 0.15) is 5.69 Å². The fourth-order valence-electron chi connectivity index (χ4n) is 1.03. The standard InChI is InChI=1S/C6H5NO3S/c8-6-3-4-5(1-2-7-4)11(6,9)10/h1-3,7-8H. The predicted molar refractivity (Wildman–Crippen MR) is 38.6 cm³/mol. The van der Waals surface area contributed by atoms with Crippen LogP contribution in [0.5, 0.6) is 0 Å². The lowest BCUT2D eigenvalue weighted by Gasteiger charge is -1.90. The molecule has 0 saturated carbocycles. The van der Waals surface area contributed by atoms with Gasteiger partial charge in [0.15, 0.2) is 0 Å². The van der Waals surface area contributed by atoms with E-state index in [9.17, 15) is 8.42 Å². The molecule has 1 aliphatic heterocycles. The van der Waals surface area contributed by atoms with Crippen LogP contribution in [0.15, 0.2) is 22.2 Å². The van der Waals surface area contributed by atoms with E-state index in [-0.39, 0.29) is 4.90 Å². The van der Waals surface area contributed by atoms with Gasteiger partial charge in [-0.2, -0.15) is 0 Å². The zero-order valence-electron chi connectivity index (χ0n) is 5.40. The fourth-order valence-corrected chi connectivity index (χ4v) is 2.18. The van der Waals surface area contributed by atoms with E-state index in [0.717, 1.165) is 0 Å². The molecular weight excluding hydrogens is 166 g/mol. The summed E-state index contributed by atoms with van der Waals surface area (Å²) in [6.07, 6.45) is 2.72. The lowest BCUT2D eigenvalue weighted by atomic mass is 10.4. The third kappa shape index (κ3) is 0.655. The van der Waals surface area contributed by atoms with Crippen molar-refractivity contribution in [2.24, 2.45) is 0 Å². The number of nitrogens with one attached hydrogen (secondary N) is 1. The van der Waals surface area contributed by atoms with Gasteiger partial charge in [-0.05, 0) is 6.07 Å². The minimum atomic E-state index is -3.56. The molecule has 1 aliphatic rings.